The fourth-order valence-electron chi connectivity index (χ4n) is 5.16. The molecule has 2 aromatic carbocycles. The Hall–Kier alpha value is -3.66. The highest BCUT2D eigenvalue weighted by Gasteiger charge is 2.23. The molecule has 0 amide bonds. The van der Waals surface area contributed by atoms with Crippen molar-refractivity contribution in [2.45, 2.75) is 52.4 Å². The number of aromatic nitrogens is 3. The fourth-order valence-corrected chi connectivity index (χ4v) is 5.16. The smallest absolute Gasteiger partial charge is 0.325 e. The minimum atomic E-state index is 0.0189. The van der Waals surface area contributed by atoms with E-state index in [0.29, 0.717) is 0 Å². The van der Waals surface area contributed by atoms with Crippen molar-refractivity contribution < 1.29 is 4.57 Å². The van der Waals surface area contributed by atoms with E-state index in [9.17, 15) is 0 Å². The summed E-state index contributed by atoms with van der Waals surface area (Å²) in [5, 5.41) is 2.62. The van der Waals surface area contributed by atoms with E-state index in [-0.39, 0.29) is 10.8 Å². The fraction of sp³-hybridized carbons (Fsp3) is 0.333. The second kappa shape index (κ2) is 8.72. The third-order valence-corrected chi connectivity index (χ3v) is 7.56. The molecule has 190 valence electrons. The minimum Gasteiger partial charge on any atom is -0.343 e. The Morgan fingerprint density at radius 1 is 0.703 bits per heavy atom. The largest absolute Gasteiger partial charge is 0.343 e. The molecule has 0 aliphatic heterocycles. The van der Waals surface area contributed by atoms with Crippen molar-refractivity contribution in [2.75, 3.05) is 0 Å². The molecule has 0 N–H and O–H groups in total. The van der Waals surface area contributed by atoms with Gasteiger partial charge in [-0.25, -0.2) is 4.57 Å². The predicted octanol–water partition coefficient (Wildman–Crippen LogP) is 6.99. The van der Waals surface area contributed by atoms with Crippen LogP contribution in [0.25, 0.3) is 33.1 Å². The van der Waals surface area contributed by atoms with E-state index in [1.165, 1.54) is 38.5 Å². The number of pyridine rings is 2. The predicted molar refractivity (Wildman–Crippen MR) is 155 cm³/mol. The number of nitrogens with zero attached hydrogens (tertiary/aromatic N) is 4. The number of hydrogen-bond acceptors (Lipinski definition) is 1. The molecule has 0 saturated carbocycles. The number of fused-ring (bicyclic) bond motifs is 3. The van der Waals surface area contributed by atoms with Gasteiger partial charge in [0.05, 0.1) is 24.5 Å². The Kier molecular flexibility index (Phi) is 5.90. The molecule has 0 fully saturated rings. The second-order valence-electron chi connectivity index (χ2n) is 12.3. The van der Waals surface area contributed by atoms with E-state index in [1.807, 2.05) is 36.0 Å². The lowest BCUT2D eigenvalue weighted by Gasteiger charge is -2.22. The van der Waals surface area contributed by atoms with Crippen molar-refractivity contribution >= 4 is 27.6 Å². The molecule has 0 unspecified atom stereocenters. The Balaban J connectivity index is 1.87. The van der Waals surface area contributed by atoms with E-state index in [2.05, 4.69) is 113 Å². The van der Waals surface area contributed by atoms with Crippen LogP contribution in [-0.4, -0.2) is 9.13 Å². The van der Waals surface area contributed by atoms with Crippen LogP contribution in [0, 0.1) is 0 Å². The highest BCUT2D eigenvalue weighted by Crippen LogP contribution is 2.40. The van der Waals surface area contributed by atoms with Crippen LogP contribution < -0.4 is 10.1 Å². The van der Waals surface area contributed by atoms with Gasteiger partial charge in [-0.15, -0.1) is 0 Å². The average Bonchev–Trinajstić information content (AvgIpc) is 3.12. The maximum absolute atomic E-state index is 5.00. The summed E-state index contributed by atoms with van der Waals surface area (Å²) < 4.78 is 6.62. The van der Waals surface area contributed by atoms with Crippen LogP contribution in [0.5, 0.6) is 0 Å². The van der Waals surface area contributed by atoms with Crippen molar-refractivity contribution in [1.82, 2.24) is 9.13 Å². The van der Waals surface area contributed by atoms with E-state index in [0.717, 1.165) is 17.0 Å². The molecule has 5 rings (SSSR count). The molecular formula is C33H39N4+. The van der Waals surface area contributed by atoms with Crippen LogP contribution in [0.4, 0.5) is 5.82 Å². The zero-order chi connectivity index (χ0) is 26.7. The lowest BCUT2D eigenvalue weighted by molar-refractivity contribution is -0.658. The molecule has 0 aliphatic rings. The van der Waals surface area contributed by atoms with Gasteiger partial charge in [0, 0.05) is 48.1 Å². The summed E-state index contributed by atoms with van der Waals surface area (Å²) in [7, 11) is 6.34. The first-order valence-corrected chi connectivity index (χ1v) is 13.1. The van der Waals surface area contributed by atoms with Gasteiger partial charge in [-0.3, -0.25) is 0 Å². The van der Waals surface area contributed by atoms with E-state index in [4.69, 9.17) is 4.99 Å². The molecule has 5 aromatic rings. The highest BCUT2D eigenvalue weighted by molar-refractivity contribution is 6.13. The highest BCUT2D eigenvalue weighted by atomic mass is 15.1. The topological polar surface area (TPSA) is 26.1 Å². The number of benzene rings is 2. The van der Waals surface area contributed by atoms with Gasteiger partial charge in [0.15, 0.2) is 0 Å². The first-order valence-electron chi connectivity index (χ1n) is 13.1. The SMILES string of the molecule is Cn1c(-c2cc(C(C)(C)C)cc3c4cc(C(C)(C)C)ccc4n(C)c23)cccc1=Nc1cccc[n+]1C. The van der Waals surface area contributed by atoms with Crippen molar-refractivity contribution in [3.63, 3.8) is 0 Å². The quantitative estimate of drug-likeness (QED) is 0.238. The van der Waals surface area contributed by atoms with Gasteiger partial charge in [0.2, 0.25) is 5.49 Å². The lowest BCUT2D eigenvalue weighted by Crippen LogP contribution is -2.29. The molecular weight excluding hydrogens is 452 g/mol. The first-order chi connectivity index (χ1) is 17.4. The Morgan fingerprint density at radius 3 is 2.08 bits per heavy atom. The van der Waals surface area contributed by atoms with Crippen LogP contribution in [0.1, 0.15) is 52.7 Å². The Labute approximate surface area is 220 Å². The number of rotatable bonds is 2. The summed E-state index contributed by atoms with van der Waals surface area (Å²) in [5.74, 6) is 0.920. The van der Waals surface area contributed by atoms with E-state index >= 15 is 0 Å². The summed E-state index contributed by atoms with van der Waals surface area (Å²) >= 11 is 0. The molecule has 0 saturated heterocycles. The number of hydrogen-bond donors (Lipinski definition) is 0. The zero-order valence-corrected chi connectivity index (χ0v) is 23.7. The van der Waals surface area contributed by atoms with Crippen molar-refractivity contribution in [2.24, 2.45) is 26.1 Å². The second-order valence-corrected chi connectivity index (χ2v) is 12.3. The zero-order valence-electron chi connectivity index (χ0n) is 23.7. The summed E-state index contributed by atoms with van der Waals surface area (Å²) in [6.07, 6.45) is 2.03. The normalized spacial score (nSPS) is 13.2. The number of aryl methyl sites for hydroxylation is 2. The van der Waals surface area contributed by atoms with E-state index in [1.54, 1.807) is 0 Å². The van der Waals surface area contributed by atoms with E-state index < -0.39 is 0 Å². The Bertz CT molecular complexity index is 1720. The standard InChI is InChI=1S/C33H39N4/c1-32(2,3)22-16-17-28-24(19-22)25-20-23(33(4,5)6)21-26(31(25)37(28)9)27-13-12-15-30(36(27)8)34-29-14-10-11-18-35(29)7/h10-21H,1-9H3/q+1. The molecule has 4 nitrogen and oxygen atoms in total. The van der Waals surface area contributed by atoms with Crippen LogP contribution >= 0.6 is 0 Å². The van der Waals surface area contributed by atoms with Gasteiger partial charge in [0.1, 0.15) is 0 Å². The van der Waals surface area contributed by atoms with Crippen LogP contribution in [0.2, 0.25) is 0 Å². The van der Waals surface area contributed by atoms with Gasteiger partial charge >= 0.3 is 5.82 Å². The minimum absolute atomic E-state index is 0.0189. The van der Waals surface area contributed by atoms with Crippen LogP contribution in [0.15, 0.2) is 77.9 Å². The molecule has 3 aromatic heterocycles. The first kappa shape index (κ1) is 25.0. The molecule has 37 heavy (non-hydrogen) atoms. The van der Waals surface area contributed by atoms with Gasteiger partial charge in [0.25, 0.3) is 0 Å². The molecule has 0 atom stereocenters. The van der Waals surface area contributed by atoms with Gasteiger partial charge in [-0.2, -0.15) is 0 Å². The van der Waals surface area contributed by atoms with Crippen molar-refractivity contribution in [3.05, 3.63) is 89.5 Å². The third-order valence-electron chi connectivity index (χ3n) is 7.56. The molecule has 4 heteroatoms. The maximum atomic E-state index is 5.00. The molecule has 0 spiro atoms. The Morgan fingerprint density at radius 2 is 1.41 bits per heavy atom. The van der Waals surface area contributed by atoms with Crippen LogP contribution in [-0.2, 0) is 32.0 Å². The van der Waals surface area contributed by atoms with Gasteiger partial charge in [-0.05, 0) is 63.3 Å². The molecule has 3 heterocycles. The summed E-state index contributed by atoms with van der Waals surface area (Å²) in [6.45, 7) is 13.7. The van der Waals surface area contributed by atoms with Gasteiger partial charge < -0.3 is 9.13 Å². The molecule has 0 radical (unpaired) electrons. The van der Waals surface area contributed by atoms with Crippen LogP contribution in [0.3, 0.4) is 0 Å². The average molecular weight is 492 g/mol. The summed E-state index contributed by atoms with van der Waals surface area (Å²) in [5.41, 5.74) is 8.62. The summed E-state index contributed by atoms with van der Waals surface area (Å²) in [6, 6.07) is 24.3. The van der Waals surface area contributed by atoms with Crippen molar-refractivity contribution in [3.8, 4) is 11.3 Å². The summed E-state index contributed by atoms with van der Waals surface area (Å²) in [4.78, 5) is 5.00. The third kappa shape index (κ3) is 4.39. The van der Waals surface area contributed by atoms with Crippen molar-refractivity contribution in [1.29, 1.82) is 0 Å². The molecule has 0 aliphatic carbocycles. The molecule has 0 bridgehead atoms. The van der Waals surface area contributed by atoms with Gasteiger partial charge in [-0.1, -0.05) is 59.7 Å². The monoisotopic (exact) mass is 491 g/mol. The maximum Gasteiger partial charge on any atom is 0.325 e. The lowest BCUT2D eigenvalue weighted by atomic mass is 9.83.